The van der Waals surface area contributed by atoms with E-state index in [2.05, 4.69) is 15.0 Å². The molecule has 4 rings (SSSR count). The Kier molecular flexibility index (Phi) is 6.21. The number of ether oxygens (including phenoxy) is 1. The lowest BCUT2D eigenvalue weighted by Crippen LogP contribution is -2.28. The lowest BCUT2D eigenvalue weighted by atomic mass is 10.1. The van der Waals surface area contributed by atoms with Gasteiger partial charge in [-0.3, -0.25) is 0 Å². The van der Waals surface area contributed by atoms with E-state index in [1.807, 2.05) is 32.3 Å². The maximum Gasteiger partial charge on any atom is 0.416 e. The molecule has 1 saturated heterocycles. The Morgan fingerprint density at radius 1 is 0.969 bits per heavy atom. The van der Waals surface area contributed by atoms with Crippen LogP contribution in [-0.2, 0) is 6.18 Å². The van der Waals surface area contributed by atoms with Crippen molar-refractivity contribution in [2.45, 2.75) is 39.3 Å². The second-order valence-electron chi connectivity index (χ2n) is 7.99. The van der Waals surface area contributed by atoms with Gasteiger partial charge in [-0.05, 0) is 80.6 Å². The fourth-order valence-electron chi connectivity index (χ4n) is 3.62. The molecule has 1 aromatic heterocycles. The number of benzene rings is 2. The van der Waals surface area contributed by atoms with Crippen LogP contribution in [0.5, 0.6) is 11.6 Å². The molecule has 2 aromatic carbocycles. The van der Waals surface area contributed by atoms with Crippen molar-refractivity contribution in [1.82, 2.24) is 14.7 Å². The molecule has 0 N–H and O–H groups in total. The first-order chi connectivity index (χ1) is 15.3. The van der Waals surface area contributed by atoms with Gasteiger partial charge in [0.1, 0.15) is 5.75 Å². The number of hydrogen-bond donors (Lipinski definition) is 0. The van der Waals surface area contributed by atoms with E-state index in [0.717, 1.165) is 42.0 Å². The highest BCUT2D eigenvalue weighted by Gasteiger charge is 2.30. The van der Waals surface area contributed by atoms with Crippen LogP contribution < -0.4 is 4.74 Å². The molecule has 0 radical (unpaired) electrons. The Labute approximate surface area is 185 Å². The van der Waals surface area contributed by atoms with Gasteiger partial charge in [-0.25, -0.2) is 9.67 Å². The molecule has 0 atom stereocenters. The second-order valence-corrected chi connectivity index (χ2v) is 7.99. The van der Waals surface area contributed by atoms with Crippen molar-refractivity contribution < 1.29 is 17.9 Å². The van der Waals surface area contributed by atoms with Crippen LogP contribution in [0.4, 0.5) is 18.9 Å². The number of aryl methyl sites for hydroxylation is 2. The molecule has 8 heteroatoms. The summed E-state index contributed by atoms with van der Waals surface area (Å²) < 4.78 is 45.7. The third-order valence-corrected chi connectivity index (χ3v) is 5.48. The number of rotatable bonds is 5. The van der Waals surface area contributed by atoms with E-state index in [4.69, 9.17) is 4.74 Å². The highest BCUT2D eigenvalue weighted by atomic mass is 19.4. The van der Waals surface area contributed by atoms with E-state index in [9.17, 15) is 13.2 Å². The number of alkyl halides is 3. The lowest BCUT2D eigenvalue weighted by molar-refractivity contribution is -0.137. The van der Waals surface area contributed by atoms with Gasteiger partial charge in [0.25, 0.3) is 0 Å². The molecule has 1 aliphatic heterocycles. The molecule has 0 aliphatic carbocycles. The Hall–Kier alpha value is -3.29. The molecule has 168 valence electrons. The number of aliphatic imine (C=N–C) groups is 1. The molecule has 0 saturated carbocycles. The largest absolute Gasteiger partial charge is 0.437 e. The van der Waals surface area contributed by atoms with Crippen molar-refractivity contribution in [2.24, 2.45) is 4.99 Å². The maximum atomic E-state index is 12.8. The molecular formula is C24H25F3N4O. The van der Waals surface area contributed by atoms with Crippen LogP contribution in [0.25, 0.3) is 5.69 Å². The molecule has 0 amide bonds. The van der Waals surface area contributed by atoms with Gasteiger partial charge in [-0.15, -0.1) is 5.10 Å². The average molecular weight is 442 g/mol. The van der Waals surface area contributed by atoms with Crippen molar-refractivity contribution in [2.75, 3.05) is 13.1 Å². The highest BCUT2D eigenvalue weighted by molar-refractivity contribution is 5.65. The van der Waals surface area contributed by atoms with Crippen molar-refractivity contribution in [3.05, 3.63) is 65.4 Å². The van der Waals surface area contributed by atoms with E-state index in [1.165, 1.54) is 36.1 Å². The number of aromatic nitrogens is 2. The van der Waals surface area contributed by atoms with Gasteiger partial charge in [0.2, 0.25) is 5.88 Å². The SMILES string of the molecule is Cc1cc(Oc2ccn(-c3ccc(C(F)(F)F)cc3)n2)c(C)cc1/N=C/N1CCCCC1. The van der Waals surface area contributed by atoms with Crippen molar-refractivity contribution >= 4 is 12.0 Å². The zero-order valence-corrected chi connectivity index (χ0v) is 18.1. The normalized spacial score (nSPS) is 14.8. The minimum Gasteiger partial charge on any atom is -0.437 e. The van der Waals surface area contributed by atoms with Crippen LogP contribution in [0.3, 0.4) is 0 Å². The molecule has 1 aliphatic rings. The molecule has 0 bridgehead atoms. The van der Waals surface area contributed by atoms with Crippen molar-refractivity contribution in [3.63, 3.8) is 0 Å². The zero-order chi connectivity index (χ0) is 22.7. The second kappa shape index (κ2) is 9.06. The molecule has 0 spiro atoms. The number of hydrogen-bond acceptors (Lipinski definition) is 3. The van der Waals surface area contributed by atoms with Crippen LogP contribution in [-0.4, -0.2) is 34.1 Å². The Balaban J connectivity index is 1.47. The molecule has 2 heterocycles. The lowest BCUT2D eigenvalue weighted by Gasteiger charge is -2.23. The van der Waals surface area contributed by atoms with E-state index in [-0.39, 0.29) is 0 Å². The third-order valence-electron chi connectivity index (χ3n) is 5.48. The number of nitrogens with zero attached hydrogens (tertiary/aromatic N) is 4. The predicted molar refractivity (Wildman–Crippen MR) is 118 cm³/mol. The molecule has 0 unspecified atom stereocenters. The van der Waals surface area contributed by atoms with Crippen molar-refractivity contribution in [3.8, 4) is 17.3 Å². The smallest absolute Gasteiger partial charge is 0.416 e. The van der Waals surface area contributed by atoms with E-state index in [1.54, 1.807) is 12.3 Å². The molecular weight excluding hydrogens is 417 g/mol. The summed E-state index contributed by atoms with van der Waals surface area (Å²) in [4.78, 5) is 6.90. The predicted octanol–water partition coefficient (Wildman–Crippen LogP) is 6.45. The quantitative estimate of drug-likeness (QED) is 0.337. The molecule has 5 nitrogen and oxygen atoms in total. The van der Waals surface area contributed by atoms with Gasteiger partial charge in [-0.2, -0.15) is 13.2 Å². The van der Waals surface area contributed by atoms with Crippen molar-refractivity contribution in [1.29, 1.82) is 0 Å². The van der Waals surface area contributed by atoms with Crippen LogP contribution in [0, 0.1) is 13.8 Å². The first-order valence-electron chi connectivity index (χ1n) is 10.6. The number of halogens is 3. The topological polar surface area (TPSA) is 42.6 Å². The molecule has 3 aromatic rings. The van der Waals surface area contributed by atoms with Gasteiger partial charge in [0.05, 0.1) is 23.3 Å². The minimum atomic E-state index is -4.36. The Bertz CT molecular complexity index is 1100. The standard InChI is InChI=1S/C24H25F3N4O/c1-17-15-22(18(2)14-21(17)28-16-30-11-4-3-5-12-30)32-23-10-13-31(29-23)20-8-6-19(7-9-20)24(25,26)27/h6-10,13-16H,3-5,11-12H2,1-2H3/b28-16+. The summed E-state index contributed by atoms with van der Waals surface area (Å²) in [5.74, 6) is 1.02. The first kappa shape index (κ1) is 21.9. The summed E-state index contributed by atoms with van der Waals surface area (Å²) in [6, 6.07) is 10.4. The molecule has 32 heavy (non-hydrogen) atoms. The summed E-state index contributed by atoms with van der Waals surface area (Å²) in [6.07, 6.45) is 2.90. The third kappa shape index (κ3) is 5.12. The van der Waals surface area contributed by atoms with Gasteiger partial charge in [-0.1, -0.05) is 0 Å². The molecule has 1 fully saturated rings. The average Bonchev–Trinajstić information content (AvgIpc) is 3.24. The zero-order valence-electron chi connectivity index (χ0n) is 18.1. The Morgan fingerprint density at radius 2 is 1.69 bits per heavy atom. The van der Waals surface area contributed by atoms with Crippen LogP contribution >= 0.6 is 0 Å². The summed E-state index contributed by atoms with van der Waals surface area (Å²) in [5.41, 5.74) is 2.63. The van der Waals surface area contributed by atoms with Gasteiger partial charge < -0.3 is 9.64 Å². The first-order valence-corrected chi connectivity index (χ1v) is 10.6. The maximum absolute atomic E-state index is 12.8. The summed E-state index contributed by atoms with van der Waals surface area (Å²) in [7, 11) is 0. The van der Waals surface area contributed by atoms with Crippen LogP contribution in [0.1, 0.15) is 36.0 Å². The van der Waals surface area contributed by atoms with Crippen LogP contribution in [0.2, 0.25) is 0 Å². The highest BCUT2D eigenvalue weighted by Crippen LogP contribution is 2.32. The minimum absolute atomic E-state index is 0.358. The van der Waals surface area contributed by atoms with Gasteiger partial charge in [0.15, 0.2) is 0 Å². The number of likely N-dealkylation sites (tertiary alicyclic amines) is 1. The Morgan fingerprint density at radius 3 is 2.38 bits per heavy atom. The fourth-order valence-corrected chi connectivity index (χ4v) is 3.62. The van der Waals surface area contributed by atoms with E-state index >= 15 is 0 Å². The monoisotopic (exact) mass is 442 g/mol. The van der Waals surface area contributed by atoms with Crippen LogP contribution in [0.15, 0.2) is 53.7 Å². The summed E-state index contributed by atoms with van der Waals surface area (Å²) in [5, 5.41) is 4.34. The fraction of sp³-hybridized carbons (Fsp3) is 0.333. The van der Waals surface area contributed by atoms with Gasteiger partial charge in [0, 0.05) is 25.4 Å². The van der Waals surface area contributed by atoms with Gasteiger partial charge >= 0.3 is 6.18 Å². The summed E-state index contributed by atoms with van der Waals surface area (Å²) in [6.45, 7) is 6.02. The van der Waals surface area contributed by atoms with E-state index < -0.39 is 11.7 Å². The summed E-state index contributed by atoms with van der Waals surface area (Å²) >= 11 is 0. The van der Waals surface area contributed by atoms with E-state index in [0.29, 0.717) is 17.3 Å². The number of piperidine rings is 1.